The topological polar surface area (TPSA) is 57.5 Å². The molecule has 0 aromatic carbocycles. The standard InChI is InChI=1S/C7H12O3/c8-4-6-2-1-3-7(6,10)5-9/h5-6,8,10H,1-4H2. The van der Waals surface area contributed by atoms with E-state index in [9.17, 15) is 9.90 Å². The molecular formula is C7H12O3. The van der Waals surface area contributed by atoms with Gasteiger partial charge >= 0.3 is 0 Å². The van der Waals surface area contributed by atoms with Gasteiger partial charge in [0.15, 0.2) is 6.29 Å². The van der Waals surface area contributed by atoms with Crippen LogP contribution in [0.4, 0.5) is 0 Å². The maximum absolute atomic E-state index is 10.3. The van der Waals surface area contributed by atoms with E-state index in [1.165, 1.54) is 0 Å². The van der Waals surface area contributed by atoms with E-state index < -0.39 is 5.60 Å². The van der Waals surface area contributed by atoms with E-state index in [4.69, 9.17) is 5.11 Å². The van der Waals surface area contributed by atoms with Crippen molar-refractivity contribution in [2.45, 2.75) is 24.9 Å². The Morgan fingerprint density at radius 3 is 2.80 bits per heavy atom. The van der Waals surface area contributed by atoms with Crippen molar-refractivity contribution in [2.75, 3.05) is 6.61 Å². The van der Waals surface area contributed by atoms with Crippen LogP contribution in [-0.2, 0) is 4.79 Å². The van der Waals surface area contributed by atoms with Crippen molar-refractivity contribution >= 4 is 6.29 Å². The molecule has 2 N–H and O–H groups in total. The van der Waals surface area contributed by atoms with E-state index in [0.29, 0.717) is 12.7 Å². The van der Waals surface area contributed by atoms with Crippen LogP contribution < -0.4 is 0 Å². The van der Waals surface area contributed by atoms with Gasteiger partial charge in [-0.25, -0.2) is 0 Å². The highest BCUT2D eigenvalue weighted by molar-refractivity contribution is 5.63. The molecule has 1 aliphatic rings. The van der Waals surface area contributed by atoms with Crippen molar-refractivity contribution in [3.8, 4) is 0 Å². The molecule has 10 heavy (non-hydrogen) atoms. The predicted octanol–water partition coefficient (Wildman–Crippen LogP) is -0.291. The quantitative estimate of drug-likeness (QED) is 0.523. The number of carbonyl (C=O) groups is 1. The van der Waals surface area contributed by atoms with Gasteiger partial charge in [0.2, 0.25) is 0 Å². The Kier molecular flexibility index (Phi) is 2.06. The fraction of sp³-hybridized carbons (Fsp3) is 0.857. The Morgan fingerprint density at radius 2 is 2.40 bits per heavy atom. The van der Waals surface area contributed by atoms with Gasteiger partial charge in [-0.2, -0.15) is 0 Å². The minimum Gasteiger partial charge on any atom is -0.396 e. The van der Waals surface area contributed by atoms with Crippen LogP contribution in [0.5, 0.6) is 0 Å². The Balaban J connectivity index is 2.65. The molecular weight excluding hydrogens is 132 g/mol. The molecule has 1 fully saturated rings. The van der Waals surface area contributed by atoms with E-state index in [2.05, 4.69) is 0 Å². The van der Waals surface area contributed by atoms with E-state index in [1.54, 1.807) is 0 Å². The van der Waals surface area contributed by atoms with Crippen molar-refractivity contribution in [1.82, 2.24) is 0 Å². The zero-order valence-corrected chi connectivity index (χ0v) is 5.79. The number of carbonyl (C=O) groups excluding carboxylic acids is 1. The number of aliphatic hydroxyl groups is 2. The first kappa shape index (κ1) is 7.69. The highest BCUT2D eigenvalue weighted by atomic mass is 16.3. The molecule has 3 heteroatoms. The number of hydrogen-bond donors (Lipinski definition) is 2. The first-order valence-electron chi connectivity index (χ1n) is 3.52. The van der Waals surface area contributed by atoms with Gasteiger partial charge in [-0.15, -0.1) is 0 Å². The lowest BCUT2D eigenvalue weighted by Gasteiger charge is -2.21. The summed E-state index contributed by atoms with van der Waals surface area (Å²) in [6, 6.07) is 0. The average Bonchev–Trinajstić information content (AvgIpc) is 2.32. The molecule has 2 atom stereocenters. The first-order chi connectivity index (χ1) is 4.73. The lowest BCUT2D eigenvalue weighted by Crippen LogP contribution is -2.36. The summed E-state index contributed by atoms with van der Waals surface area (Å²) in [6.07, 6.45) is 2.65. The van der Waals surface area contributed by atoms with Crippen LogP contribution in [-0.4, -0.2) is 28.7 Å². The van der Waals surface area contributed by atoms with Gasteiger partial charge < -0.3 is 15.0 Å². The van der Waals surface area contributed by atoms with E-state index >= 15 is 0 Å². The van der Waals surface area contributed by atoms with E-state index in [0.717, 1.165) is 12.8 Å². The SMILES string of the molecule is O=CC1(O)CCCC1CO. The molecule has 0 aliphatic heterocycles. The minimum absolute atomic E-state index is 0.0881. The fourth-order valence-corrected chi connectivity index (χ4v) is 1.49. The maximum atomic E-state index is 10.3. The summed E-state index contributed by atoms with van der Waals surface area (Å²) in [4.78, 5) is 10.3. The summed E-state index contributed by atoms with van der Waals surface area (Å²) >= 11 is 0. The number of aldehydes is 1. The van der Waals surface area contributed by atoms with Gasteiger partial charge in [0.1, 0.15) is 5.60 Å². The van der Waals surface area contributed by atoms with Crippen LogP contribution in [0.25, 0.3) is 0 Å². The normalized spacial score (nSPS) is 40.0. The van der Waals surface area contributed by atoms with Crippen molar-refractivity contribution in [3.63, 3.8) is 0 Å². The van der Waals surface area contributed by atoms with E-state index in [-0.39, 0.29) is 12.5 Å². The van der Waals surface area contributed by atoms with Crippen LogP contribution in [0.3, 0.4) is 0 Å². The molecule has 1 saturated carbocycles. The molecule has 0 amide bonds. The largest absolute Gasteiger partial charge is 0.396 e. The number of hydrogen-bond acceptors (Lipinski definition) is 3. The highest BCUT2D eigenvalue weighted by Gasteiger charge is 2.40. The van der Waals surface area contributed by atoms with Crippen LogP contribution in [0, 0.1) is 5.92 Å². The molecule has 0 spiro atoms. The highest BCUT2D eigenvalue weighted by Crippen LogP contribution is 2.33. The maximum Gasteiger partial charge on any atom is 0.151 e. The Labute approximate surface area is 59.7 Å². The van der Waals surface area contributed by atoms with Gasteiger partial charge in [-0.1, -0.05) is 0 Å². The molecule has 1 rings (SSSR count). The summed E-state index contributed by atoms with van der Waals surface area (Å²) in [6.45, 7) is -0.0881. The van der Waals surface area contributed by atoms with Crippen LogP contribution >= 0.6 is 0 Å². The third-order valence-electron chi connectivity index (χ3n) is 2.26. The molecule has 0 saturated heterocycles. The fourth-order valence-electron chi connectivity index (χ4n) is 1.49. The van der Waals surface area contributed by atoms with Crippen LogP contribution in [0.2, 0.25) is 0 Å². The lowest BCUT2D eigenvalue weighted by atomic mass is 9.93. The summed E-state index contributed by atoms with van der Waals surface area (Å²) in [7, 11) is 0. The number of aliphatic hydroxyl groups excluding tert-OH is 1. The van der Waals surface area contributed by atoms with E-state index in [1.807, 2.05) is 0 Å². The molecule has 1 aliphatic carbocycles. The molecule has 3 nitrogen and oxygen atoms in total. The number of rotatable bonds is 2. The molecule has 0 bridgehead atoms. The first-order valence-corrected chi connectivity index (χ1v) is 3.52. The van der Waals surface area contributed by atoms with Crippen molar-refractivity contribution in [3.05, 3.63) is 0 Å². The second kappa shape index (κ2) is 2.68. The zero-order chi connectivity index (χ0) is 7.61. The Morgan fingerprint density at radius 1 is 1.70 bits per heavy atom. The summed E-state index contributed by atoms with van der Waals surface area (Å²) in [5.74, 6) is -0.231. The van der Waals surface area contributed by atoms with Gasteiger partial charge in [0.05, 0.1) is 0 Å². The average molecular weight is 144 g/mol. The molecule has 0 radical (unpaired) electrons. The Bertz CT molecular complexity index is 135. The monoisotopic (exact) mass is 144 g/mol. The van der Waals surface area contributed by atoms with Gasteiger partial charge in [-0.3, -0.25) is 0 Å². The minimum atomic E-state index is -1.23. The zero-order valence-electron chi connectivity index (χ0n) is 5.79. The molecule has 58 valence electrons. The summed E-state index contributed by atoms with van der Waals surface area (Å²) in [5.41, 5.74) is -1.23. The van der Waals surface area contributed by atoms with Crippen molar-refractivity contribution < 1.29 is 15.0 Å². The summed E-state index contributed by atoms with van der Waals surface area (Å²) < 4.78 is 0. The van der Waals surface area contributed by atoms with Gasteiger partial charge in [0.25, 0.3) is 0 Å². The van der Waals surface area contributed by atoms with Crippen LogP contribution in [0.1, 0.15) is 19.3 Å². The Hall–Kier alpha value is -0.410. The third kappa shape index (κ3) is 1.07. The smallest absolute Gasteiger partial charge is 0.151 e. The second-order valence-electron chi connectivity index (χ2n) is 2.88. The van der Waals surface area contributed by atoms with Gasteiger partial charge in [-0.05, 0) is 19.3 Å². The molecule has 0 aromatic rings. The van der Waals surface area contributed by atoms with Crippen LogP contribution in [0.15, 0.2) is 0 Å². The third-order valence-corrected chi connectivity index (χ3v) is 2.26. The predicted molar refractivity (Wildman–Crippen MR) is 35.4 cm³/mol. The van der Waals surface area contributed by atoms with Crippen molar-refractivity contribution in [1.29, 1.82) is 0 Å². The molecule has 2 unspecified atom stereocenters. The van der Waals surface area contributed by atoms with Crippen molar-refractivity contribution in [2.24, 2.45) is 5.92 Å². The molecule has 0 aromatic heterocycles. The molecule has 0 heterocycles. The second-order valence-corrected chi connectivity index (χ2v) is 2.88. The van der Waals surface area contributed by atoms with Gasteiger partial charge in [0, 0.05) is 12.5 Å². The lowest BCUT2D eigenvalue weighted by molar-refractivity contribution is -0.128. The summed E-state index contributed by atoms with van der Waals surface area (Å²) in [5, 5.41) is 18.1.